The van der Waals surface area contributed by atoms with E-state index >= 15 is 0 Å². The Hall–Kier alpha value is -3.15. The number of aliphatic imine (C=N–C) groups is 1. The number of benzene rings is 1. The van der Waals surface area contributed by atoms with E-state index in [2.05, 4.69) is 47.6 Å². The second-order valence-corrected chi connectivity index (χ2v) is 6.45. The third-order valence-electron chi connectivity index (χ3n) is 4.36. The van der Waals surface area contributed by atoms with Crippen molar-refractivity contribution in [2.75, 3.05) is 14.1 Å². The SMILES string of the molecule is CN=C(NCc1nc(-c2ccco2)n[nH]1)N(C)Cc1ncc(-c2ccccc2)[nH]1.I. The molecule has 4 aromatic rings. The third-order valence-corrected chi connectivity index (χ3v) is 4.36. The zero-order valence-corrected chi connectivity index (χ0v) is 19.0. The quantitative estimate of drug-likeness (QED) is 0.205. The van der Waals surface area contributed by atoms with E-state index in [9.17, 15) is 0 Å². The average molecular weight is 518 g/mol. The lowest BCUT2D eigenvalue weighted by Crippen LogP contribution is -2.38. The first-order chi connectivity index (χ1) is 14.2. The Balaban J connectivity index is 0.00000256. The van der Waals surface area contributed by atoms with Gasteiger partial charge >= 0.3 is 0 Å². The second kappa shape index (κ2) is 10.1. The number of aromatic amines is 2. The van der Waals surface area contributed by atoms with Crippen molar-refractivity contribution in [3.05, 3.63) is 66.6 Å². The Kier molecular flexibility index (Phi) is 7.22. The third kappa shape index (κ3) is 5.06. The molecular formula is C20H23IN8O. The Morgan fingerprint density at radius 1 is 1.17 bits per heavy atom. The molecule has 0 amide bonds. The molecule has 10 heteroatoms. The predicted octanol–water partition coefficient (Wildman–Crippen LogP) is 3.28. The lowest BCUT2D eigenvalue weighted by Gasteiger charge is -2.20. The van der Waals surface area contributed by atoms with Crippen molar-refractivity contribution < 1.29 is 4.42 Å². The molecule has 0 radical (unpaired) electrons. The summed E-state index contributed by atoms with van der Waals surface area (Å²) in [7, 11) is 3.69. The predicted molar refractivity (Wildman–Crippen MR) is 125 cm³/mol. The minimum absolute atomic E-state index is 0. The number of aromatic nitrogens is 5. The summed E-state index contributed by atoms with van der Waals surface area (Å²) in [6.07, 6.45) is 3.44. The Labute approximate surface area is 191 Å². The maximum Gasteiger partial charge on any atom is 0.216 e. The van der Waals surface area contributed by atoms with Gasteiger partial charge < -0.3 is 19.6 Å². The summed E-state index contributed by atoms with van der Waals surface area (Å²) in [4.78, 5) is 18.6. The molecule has 0 fully saturated rings. The van der Waals surface area contributed by atoms with Crippen LogP contribution in [-0.4, -0.2) is 50.1 Å². The van der Waals surface area contributed by atoms with Crippen molar-refractivity contribution in [3.63, 3.8) is 0 Å². The number of halogens is 1. The largest absolute Gasteiger partial charge is 0.461 e. The molecule has 0 saturated heterocycles. The molecule has 3 N–H and O–H groups in total. The van der Waals surface area contributed by atoms with Crippen LogP contribution in [0.2, 0.25) is 0 Å². The fraction of sp³-hybridized carbons (Fsp3) is 0.200. The molecule has 0 saturated carbocycles. The second-order valence-electron chi connectivity index (χ2n) is 6.45. The highest BCUT2D eigenvalue weighted by atomic mass is 127. The van der Waals surface area contributed by atoms with Gasteiger partial charge in [-0.15, -0.1) is 29.1 Å². The molecule has 9 nitrogen and oxygen atoms in total. The number of furan rings is 1. The van der Waals surface area contributed by atoms with Gasteiger partial charge in [-0.3, -0.25) is 10.1 Å². The Bertz CT molecular complexity index is 1070. The van der Waals surface area contributed by atoms with E-state index in [-0.39, 0.29) is 24.0 Å². The molecular weight excluding hydrogens is 495 g/mol. The minimum atomic E-state index is 0. The van der Waals surface area contributed by atoms with Gasteiger partial charge in [-0.2, -0.15) is 0 Å². The van der Waals surface area contributed by atoms with E-state index in [0.29, 0.717) is 30.5 Å². The molecule has 30 heavy (non-hydrogen) atoms. The maximum absolute atomic E-state index is 5.31. The van der Waals surface area contributed by atoms with Crippen LogP contribution in [0.4, 0.5) is 0 Å². The number of rotatable bonds is 6. The molecule has 0 bridgehead atoms. The fourth-order valence-electron chi connectivity index (χ4n) is 2.94. The molecule has 0 spiro atoms. The summed E-state index contributed by atoms with van der Waals surface area (Å²) >= 11 is 0. The van der Waals surface area contributed by atoms with Gasteiger partial charge in [-0.25, -0.2) is 9.97 Å². The number of imidazole rings is 1. The topological polar surface area (TPSA) is 111 Å². The Morgan fingerprint density at radius 2 is 2.00 bits per heavy atom. The molecule has 0 atom stereocenters. The summed E-state index contributed by atoms with van der Waals surface area (Å²) < 4.78 is 5.31. The van der Waals surface area contributed by atoms with Gasteiger partial charge in [0.25, 0.3) is 0 Å². The van der Waals surface area contributed by atoms with Crippen LogP contribution >= 0.6 is 24.0 Å². The van der Waals surface area contributed by atoms with E-state index in [1.807, 2.05) is 42.4 Å². The highest BCUT2D eigenvalue weighted by Crippen LogP contribution is 2.17. The van der Waals surface area contributed by atoms with Crippen molar-refractivity contribution >= 4 is 29.9 Å². The van der Waals surface area contributed by atoms with Crippen LogP contribution in [0.5, 0.6) is 0 Å². The van der Waals surface area contributed by atoms with E-state index in [1.165, 1.54) is 0 Å². The van der Waals surface area contributed by atoms with Crippen LogP contribution in [0.3, 0.4) is 0 Å². The number of nitrogens with zero attached hydrogens (tertiary/aromatic N) is 5. The molecule has 4 rings (SSSR count). The van der Waals surface area contributed by atoms with Crippen LogP contribution in [0.15, 0.2) is 64.3 Å². The first kappa shape index (κ1) is 21.6. The average Bonchev–Trinajstić information content (AvgIpc) is 3.50. The zero-order valence-electron chi connectivity index (χ0n) is 16.7. The van der Waals surface area contributed by atoms with Crippen LogP contribution < -0.4 is 5.32 Å². The van der Waals surface area contributed by atoms with Gasteiger partial charge in [0.15, 0.2) is 11.7 Å². The van der Waals surface area contributed by atoms with Gasteiger partial charge in [-0.05, 0) is 17.7 Å². The van der Waals surface area contributed by atoms with E-state index in [1.54, 1.807) is 19.4 Å². The lowest BCUT2D eigenvalue weighted by atomic mass is 10.2. The minimum Gasteiger partial charge on any atom is -0.461 e. The fourth-order valence-corrected chi connectivity index (χ4v) is 2.94. The van der Waals surface area contributed by atoms with Crippen LogP contribution in [0.1, 0.15) is 11.6 Å². The number of hydrogen-bond acceptors (Lipinski definition) is 5. The molecule has 0 aliphatic rings. The van der Waals surface area contributed by atoms with Gasteiger partial charge in [-0.1, -0.05) is 30.3 Å². The molecule has 1 aromatic carbocycles. The molecule has 0 aliphatic carbocycles. The molecule has 3 heterocycles. The summed E-state index contributed by atoms with van der Waals surface area (Å²) in [5.74, 6) is 3.42. The number of H-pyrrole nitrogens is 2. The number of nitrogens with one attached hydrogen (secondary N) is 3. The molecule has 3 aromatic heterocycles. The summed E-state index contributed by atoms with van der Waals surface area (Å²) in [5.41, 5.74) is 2.10. The van der Waals surface area contributed by atoms with Gasteiger partial charge in [0, 0.05) is 14.1 Å². The molecule has 0 aliphatic heterocycles. The molecule has 156 valence electrons. The smallest absolute Gasteiger partial charge is 0.216 e. The van der Waals surface area contributed by atoms with Gasteiger partial charge in [0.05, 0.1) is 31.2 Å². The summed E-state index contributed by atoms with van der Waals surface area (Å²) in [6.45, 7) is 1.04. The van der Waals surface area contributed by atoms with E-state index in [0.717, 1.165) is 23.0 Å². The molecule has 0 unspecified atom stereocenters. The highest BCUT2D eigenvalue weighted by Gasteiger charge is 2.12. The lowest BCUT2D eigenvalue weighted by molar-refractivity contribution is 0.463. The first-order valence-electron chi connectivity index (χ1n) is 9.19. The van der Waals surface area contributed by atoms with Crippen molar-refractivity contribution in [3.8, 4) is 22.8 Å². The summed E-state index contributed by atoms with van der Waals surface area (Å²) in [6, 6.07) is 13.7. The Morgan fingerprint density at radius 3 is 2.73 bits per heavy atom. The van der Waals surface area contributed by atoms with Crippen molar-refractivity contribution in [2.24, 2.45) is 4.99 Å². The van der Waals surface area contributed by atoms with Crippen molar-refractivity contribution in [2.45, 2.75) is 13.1 Å². The summed E-state index contributed by atoms with van der Waals surface area (Å²) in [5, 5.41) is 10.3. The normalized spacial score (nSPS) is 11.2. The van der Waals surface area contributed by atoms with E-state index < -0.39 is 0 Å². The van der Waals surface area contributed by atoms with Crippen LogP contribution in [-0.2, 0) is 13.1 Å². The van der Waals surface area contributed by atoms with Crippen molar-refractivity contribution in [1.82, 2.24) is 35.4 Å². The number of guanidine groups is 1. The van der Waals surface area contributed by atoms with Crippen molar-refractivity contribution in [1.29, 1.82) is 0 Å². The van der Waals surface area contributed by atoms with Crippen LogP contribution in [0, 0.1) is 0 Å². The standard InChI is InChI=1S/C20H22N8O.HI/c1-21-20(23-12-17-25-19(27-26-17)16-9-6-10-29-16)28(2)13-18-22-11-15(24-18)14-7-4-3-5-8-14;/h3-11H,12-13H2,1-2H3,(H,21,23)(H,22,24)(H,25,26,27);1H. The number of hydrogen-bond donors (Lipinski definition) is 3. The maximum atomic E-state index is 5.31. The van der Waals surface area contributed by atoms with Crippen LogP contribution in [0.25, 0.3) is 22.8 Å². The van der Waals surface area contributed by atoms with Gasteiger partial charge in [0.2, 0.25) is 5.82 Å². The zero-order chi connectivity index (χ0) is 20.1. The monoisotopic (exact) mass is 518 g/mol. The first-order valence-corrected chi connectivity index (χ1v) is 9.19. The van der Waals surface area contributed by atoms with E-state index in [4.69, 9.17) is 4.42 Å². The highest BCUT2D eigenvalue weighted by molar-refractivity contribution is 14.0. The van der Waals surface area contributed by atoms with Gasteiger partial charge in [0.1, 0.15) is 11.6 Å².